The molecule has 2 aliphatic carbocycles. The first-order chi connectivity index (χ1) is 10.9. The summed E-state index contributed by atoms with van der Waals surface area (Å²) in [6.45, 7) is 13.5. The number of rotatable bonds is 1. The third-order valence-electron chi connectivity index (χ3n) is 7.14. The molecule has 0 aromatic rings. The maximum absolute atomic E-state index is 13.2. The van der Waals surface area contributed by atoms with Gasteiger partial charge in [0, 0.05) is 11.8 Å². The maximum atomic E-state index is 13.2. The van der Waals surface area contributed by atoms with Crippen molar-refractivity contribution in [2.75, 3.05) is 0 Å². The van der Waals surface area contributed by atoms with Gasteiger partial charge in [-0.25, -0.2) is 0 Å². The highest BCUT2D eigenvalue weighted by molar-refractivity contribution is 5.92. The Kier molecular flexibility index (Phi) is 3.57. The van der Waals surface area contributed by atoms with Gasteiger partial charge in [0.2, 0.25) is 0 Å². The number of allylic oxidation sites excluding steroid dienone is 1. The first-order valence-electron chi connectivity index (χ1n) is 8.83. The van der Waals surface area contributed by atoms with E-state index in [2.05, 4.69) is 20.4 Å². The van der Waals surface area contributed by atoms with E-state index in [1.165, 1.54) is 0 Å². The monoisotopic (exact) mass is 334 g/mol. The second-order valence-corrected chi connectivity index (χ2v) is 9.20. The zero-order valence-corrected chi connectivity index (χ0v) is 15.4. The lowest BCUT2D eigenvalue weighted by atomic mass is 9.43. The molecule has 2 fully saturated rings. The standard InChI is InChI=1S/C20H30O4/c1-7-17(4)12-15(22)20(23)18(5,24-17)11-8-13-16(2,3)10-9-14(21)19(13,20)6/h7-8,11,13-14,21,23H,1,9-10,12H2,2-6H3/t13-,14-,17-,18+,19+,20+/m0/s1. The van der Waals surface area contributed by atoms with Gasteiger partial charge in [0.25, 0.3) is 0 Å². The molecule has 3 rings (SSSR count). The Hall–Kier alpha value is -0.970. The normalized spacial score (nSPS) is 53.2. The highest BCUT2D eigenvalue weighted by Crippen LogP contribution is 2.64. The van der Waals surface area contributed by atoms with Gasteiger partial charge >= 0.3 is 0 Å². The molecule has 6 atom stereocenters. The largest absolute Gasteiger partial charge is 0.392 e. The Morgan fingerprint density at radius 3 is 2.50 bits per heavy atom. The molecule has 1 heterocycles. The van der Waals surface area contributed by atoms with Crippen LogP contribution in [0.1, 0.15) is 53.9 Å². The molecule has 0 amide bonds. The third-order valence-corrected chi connectivity index (χ3v) is 7.14. The van der Waals surface area contributed by atoms with E-state index in [4.69, 9.17) is 4.74 Å². The first kappa shape index (κ1) is 17.8. The predicted octanol–water partition coefficient (Wildman–Crippen LogP) is 2.78. The Morgan fingerprint density at radius 2 is 1.92 bits per heavy atom. The second kappa shape index (κ2) is 4.80. The van der Waals surface area contributed by atoms with Crippen LogP contribution in [0.5, 0.6) is 0 Å². The van der Waals surface area contributed by atoms with Crippen molar-refractivity contribution in [3.05, 3.63) is 24.8 Å². The number of hydrogen-bond acceptors (Lipinski definition) is 4. The van der Waals surface area contributed by atoms with Crippen LogP contribution in [-0.4, -0.2) is 38.9 Å². The molecular formula is C20H30O4. The van der Waals surface area contributed by atoms with E-state index >= 15 is 0 Å². The molecule has 4 nitrogen and oxygen atoms in total. The Morgan fingerprint density at radius 1 is 1.29 bits per heavy atom. The average Bonchev–Trinajstić information content (AvgIpc) is 2.47. The van der Waals surface area contributed by atoms with Crippen LogP contribution in [0.3, 0.4) is 0 Å². The van der Waals surface area contributed by atoms with Crippen molar-refractivity contribution in [1.29, 1.82) is 0 Å². The van der Waals surface area contributed by atoms with E-state index in [1.807, 2.05) is 26.0 Å². The third kappa shape index (κ3) is 1.88. The van der Waals surface area contributed by atoms with Gasteiger partial charge < -0.3 is 14.9 Å². The van der Waals surface area contributed by atoms with Crippen LogP contribution in [0.15, 0.2) is 24.8 Å². The molecule has 0 bridgehead atoms. The van der Waals surface area contributed by atoms with Crippen molar-refractivity contribution in [2.24, 2.45) is 16.7 Å². The Balaban J connectivity index is 2.24. The smallest absolute Gasteiger partial charge is 0.171 e. The number of aliphatic hydroxyl groups is 2. The Labute approximate surface area is 144 Å². The van der Waals surface area contributed by atoms with Gasteiger partial charge in [0.05, 0.1) is 11.7 Å². The number of Topliss-reactive ketones (excluding diaryl/α,β-unsaturated/α-hetero) is 1. The van der Waals surface area contributed by atoms with E-state index in [-0.39, 0.29) is 23.5 Å². The van der Waals surface area contributed by atoms with Gasteiger partial charge in [0.1, 0.15) is 5.60 Å². The maximum Gasteiger partial charge on any atom is 0.171 e. The second-order valence-electron chi connectivity index (χ2n) is 9.20. The van der Waals surface area contributed by atoms with Crippen LogP contribution in [0.2, 0.25) is 0 Å². The number of aliphatic hydroxyl groups excluding tert-OH is 1. The summed E-state index contributed by atoms with van der Waals surface area (Å²) in [5.74, 6) is -0.375. The van der Waals surface area contributed by atoms with Crippen LogP contribution >= 0.6 is 0 Å². The lowest BCUT2D eigenvalue weighted by molar-refractivity contribution is -0.290. The molecular weight excluding hydrogens is 304 g/mol. The number of carbonyl (C=O) groups is 1. The molecule has 0 radical (unpaired) electrons. The van der Waals surface area contributed by atoms with Gasteiger partial charge in [-0.05, 0) is 38.0 Å². The molecule has 0 aromatic heterocycles. The molecule has 24 heavy (non-hydrogen) atoms. The summed E-state index contributed by atoms with van der Waals surface area (Å²) >= 11 is 0. The van der Waals surface area contributed by atoms with Crippen molar-refractivity contribution in [1.82, 2.24) is 0 Å². The molecule has 134 valence electrons. The van der Waals surface area contributed by atoms with Gasteiger partial charge in [-0.1, -0.05) is 39.0 Å². The van der Waals surface area contributed by atoms with Crippen LogP contribution < -0.4 is 0 Å². The highest BCUT2D eigenvalue weighted by Gasteiger charge is 2.74. The minimum atomic E-state index is -1.76. The van der Waals surface area contributed by atoms with Crippen LogP contribution in [-0.2, 0) is 9.53 Å². The van der Waals surface area contributed by atoms with Gasteiger partial charge in [-0.2, -0.15) is 0 Å². The molecule has 4 heteroatoms. The van der Waals surface area contributed by atoms with Crippen molar-refractivity contribution in [2.45, 2.75) is 76.8 Å². The molecule has 3 aliphatic rings. The molecule has 1 saturated carbocycles. The molecule has 0 spiro atoms. The minimum absolute atomic E-state index is 0.0614. The summed E-state index contributed by atoms with van der Waals surface area (Å²) in [7, 11) is 0. The van der Waals surface area contributed by atoms with E-state index in [0.29, 0.717) is 6.42 Å². The van der Waals surface area contributed by atoms with E-state index < -0.39 is 28.3 Å². The zero-order valence-electron chi connectivity index (χ0n) is 15.4. The summed E-state index contributed by atoms with van der Waals surface area (Å²) < 4.78 is 6.23. The fraction of sp³-hybridized carbons (Fsp3) is 0.750. The number of carbonyl (C=O) groups excluding carboxylic acids is 1. The fourth-order valence-corrected chi connectivity index (χ4v) is 5.61. The number of ether oxygens (including phenoxy) is 1. The molecule has 0 aromatic carbocycles. The number of fused-ring (bicyclic) bond motifs is 3. The van der Waals surface area contributed by atoms with Crippen LogP contribution in [0.4, 0.5) is 0 Å². The van der Waals surface area contributed by atoms with E-state index in [0.717, 1.165) is 6.42 Å². The van der Waals surface area contributed by atoms with E-state index in [9.17, 15) is 15.0 Å². The fourth-order valence-electron chi connectivity index (χ4n) is 5.61. The minimum Gasteiger partial charge on any atom is -0.392 e. The molecule has 0 unspecified atom stereocenters. The first-order valence-corrected chi connectivity index (χ1v) is 8.83. The topological polar surface area (TPSA) is 66.8 Å². The van der Waals surface area contributed by atoms with Crippen molar-refractivity contribution in [3.63, 3.8) is 0 Å². The summed E-state index contributed by atoms with van der Waals surface area (Å²) in [4.78, 5) is 13.2. The van der Waals surface area contributed by atoms with Gasteiger partial charge in [-0.3, -0.25) is 4.79 Å². The quantitative estimate of drug-likeness (QED) is 0.724. The summed E-state index contributed by atoms with van der Waals surface area (Å²) in [5.41, 5.74) is -4.87. The van der Waals surface area contributed by atoms with Gasteiger partial charge in [0.15, 0.2) is 11.4 Å². The van der Waals surface area contributed by atoms with Crippen LogP contribution in [0.25, 0.3) is 0 Å². The van der Waals surface area contributed by atoms with Crippen molar-refractivity contribution >= 4 is 5.78 Å². The average molecular weight is 334 g/mol. The molecule has 1 saturated heterocycles. The van der Waals surface area contributed by atoms with Gasteiger partial charge in [-0.15, -0.1) is 6.58 Å². The summed E-state index contributed by atoms with van der Waals surface area (Å²) in [5, 5.41) is 22.7. The molecule has 1 aliphatic heterocycles. The van der Waals surface area contributed by atoms with Crippen molar-refractivity contribution < 1.29 is 19.7 Å². The van der Waals surface area contributed by atoms with E-state index in [1.54, 1.807) is 13.0 Å². The lowest BCUT2D eigenvalue weighted by Crippen LogP contribution is -2.78. The lowest BCUT2D eigenvalue weighted by Gasteiger charge is -2.66. The summed E-state index contributed by atoms with van der Waals surface area (Å²) in [6, 6.07) is 0. The number of hydrogen-bond donors (Lipinski definition) is 2. The highest BCUT2D eigenvalue weighted by atomic mass is 16.5. The van der Waals surface area contributed by atoms with Crippen molar-refractivity contribution in [3.8, 4) is 0 Å². The SMILES string of the molecule is C=C[C@@]1(C)CC(=O)[C@]2(O)[C@@]3(C)[C@@H](O)CCC(C)(C)[C@@H]3C=C[C@@]2(C)O1. The zero-order chi connectivity index (χ0) is 18.2. The summed E-state index contributed by atoms with van der Waals surface area (Å²) in [6.07, 6.45) is 6.22. The van der Waals surface area contributed by atoms with Crippen LogP contribution in [0, 0.1) is 16.7 Å². The number of ketones is 1. The molecule has 2 N–H and O–H groups in total. The Bertz CT molecular complexity index is 623. The predicted molar refractivity (Wildman–Crippen MR) is 92.4 cm³/mol.